The number of carboxylic acid groups (broad SMARTS) is 1. The van der Waals surface area contributed by atoms with Crippen molar-refractivity contribution in [1.82, 2.24) is 0 Å². The van der Waals surface area contributed by atoms with Crippen LogP contribution in [-0.4, -0.2) is 29.7 Å². The van der Waals surface area contributed by atoms with Gasteiger partial charge in [0, 0.05) is 18.8 Å². The van der Waals surface area contributed by atoms with Gasteiger partial charge in [0.1, 0.15) is 5.54 Å². The summed E-state index contributed by atoms with van der Waals surface area (Å²) in [5, 5.41) is 8.99. The van der Waals surface area contributed by atoms with Crippen molar-refractivity contribution in [1.29, 1.82) is 0 Å². The summed E-state index contributed by atoms with van der Waals surface area (Å²) in [4.78, 5) is 12.4. The van der Waals surface area contributed by atoms with Crippen molar-refractivity contribution in [2.45, 2.75) is 18.1 Å². The monoisotopic (exact) mass is 274 g/mol. The molecule has 1 fully saturated rings. The fourth-order valence-electron chi connectivity index (χ4n) is 2.20. The molecule has 1 saturated heterocycles. The van der Waals surface area contributed by atoms with Crippen LogP contribution in [0.4, 0.5) is 18.9 Å². The number of hydrogen-bond donors (Lipinski definition) is 2. The van der Waals surface area contributed by atoms with Gasteiger partial charge in [-0.25, -0.2) is 0 Å². The maximum Gasteiger partial charge on any atom is 0.418 e. The summed E-state index contributed by atoms with van der Waals surface area (Å²) in [7, 11) is 0. The first-order chi connectivity index (χ1) is 8.74. The number of carbonyl (C=O) groups is 1. The normalized spacial score (nSPS) is 23.7. The molecule has 1 atom stereocenters. The van der Waals surface area contributed by atoms with Crippen LogP contribution in [0.5, 0.6) is 0 Å². The van der Waals surface area contributed by atoms with Crippen molar-refractivity contribution in [3.63, 3.8) is 0 Å². The second-order valence-corrected chi connectivity index (χ2v) is 4.65. The second-order valence-electron chi connectivity index (χ2n) is 4.65. The maximum absolute atomic E-state index is 12.9. The third-order valence-corrected chi connectivity index (χ3v) is 3.28. The Morgan fingerprint density at radius 3 is 2.53 bits per heavy atom. The Labute approximate surface area is 107 Å². The van der Waals surface area contributed by atoms with Gasteiger partial charge in [-0.1, -0.05) is 12.1 Å². The van der Waals surface area contributed by atoms with E-state index >= 15 is 0 Å². The molecule has 0 amide bonds. The van der Waals surface area contributed by atoms with Crippen LogP contribution in [0, 0.1) is 0 Å². The number of nitrogens with two attached hydrogens (primary N) is 1. The molecule has 0 aromatic heterocycles. The number of carboxylic acids is 1. The van der Waals surface area contributed by atoms with Crippen molar-refractivity contribution >= 4 is 11.7 Å². The van der Waals surface area contributed by atoms with Gasteiger partial charge < -0.3 is 15.7 Å². The summed E-state index contributed by atoms with van der Waals surface area (Å²) in [6.45, 7) is 0.0608. The molecule has 4 nitrogen and oxygen atoms in total. The molecular formula is C12H13F3N2O2. The number of benzene rings is 1. The fourth-order valence-corrected chi connectivity index (χ4v) is 2.20. The van der Waals surface area contributed by atoms with Gasteiger partial charge in [-0.3, -0.25) is 4.79 Å². The number of nitrogens with zero attached hydrogens (tertiary/aromatic N) is 1. The van der Waals surface area contributed by atoms with E-state index in [1.165, 1.54) is 23.1 Å². The summed E-state index contributed by atoms with van der Waals surface area (Å²) in [5.41, 5.74) is 3.38. The Kier molecular flexibility index (Phi) is 3.17. The lowest BCUT2D eigenvalue weighted by atomic mass is 10.0. The smallest absolute Gasteiger partial charge is 0.418 e. The van der Waals surface area contributed by atoms with Gasteiger partial charge in [-0.05, 0) is 18.6 Å². The minimum atomic E-state index is -4.47. The Morgan fingerprint density at radius 1 is 1.37 bits per heavy atom. The summed E-state index contributed by atoms with van der Waals surface area (Å²) in [6.07, 6.45) is -4.35. The maximum atomic E-state index is 12.9. The van der Waals surface area contributed by atoms with E-state index < -0.39 is 23.2 Å². The van der Waals surface area contributed by atoms with Gasteiger partial charge in [0.25, 0.3) is 0 Å². The van der Waals surface area contributed by atoms with E-state index in [4.69, 9.17) is 10.8 Å². The van der Waals surface area contributed by atoms with Crippen molar-refractivity contribution in [2.75, 3.05) is 18.0 Å². The molecule has 3 N–H and O–H groups in total. The molecule has 104 valence electrons. The first-order valence-corrected chi connectivity index (χ1v) is 5.67. The lowest BCUT2D eigenvalue weighted by Crippen LogP contribution is -2.50. The van der Waals surface area contributed by atoms with E-state index in [1.807, 2.05) is 0 Å². The van der Waals surface area contributed by atoms with Crippen molar-refractivity contribution in [3.8, 4) is 0 Å². The minimum Gasteiger partial charge on any atom is -0.480 e. The van der Waals surface area contributed by atoms with Gasteiger partial charge in [-0.15, -0.1) is 0 Å². The molecule has 1 unspecified atom stereocenters. The number of rotatable bonds is 2. The zero-order valence-electron chi connectivity index (χ0n) is 9.94. The second kappa shape index (κ2) is 4.41. The van der Waals surface area contributed by atoms with Crippen LogP contribution in [0.25, 0.3) is 0 Å². The van der Waals surface area contributed by atoms with Gasteiger partial charge in [0.05, 0.1) is 5.56 Å². The Hall–Kier alpha value is -1.76. The molecule has 1 aliphatic heterocycles. The van der Waals surface area contributed by atoms with Crippen LogP contribution >= 0.6 is 0 Å². The number of aliphatic carboxylic acids is 1. The van der Waals surface area contributed by atoms with Crippen LogP contribution in [-0.2, 0) is 11.0 Å². The first-order valence-electron chi connectivity index (χ1n) is 5.67. The Balaban J connectivity index is 2.33. The molecular weight excluding hydrogens is 261 g/mol. The Bertz CT molecular complexity index is 504. The van der Waals surface area contributed by atoms with E-state index in [0.29, 0.717) is 0 Å². The Morgan fingerprint density at radius 2 is 2.00 bits per heavy atom. The lowest BCUT2D eigenvalue weighted by molar-refractivity contribution is -0.142. The molecule has 0 saturated carbocycles. The predicted molar refractivity (Wildman–Crippen MR) is 62.8 cm³/mol. The zero-order chi connectivity index (χ0) is 14.3. The number of hydrogen-bond acceptors (Lipinski definition) is 3. The number of anilines is 1. The van der Waals surface area contributed by atoms with Crippen LogP contribution < -0.4 is 10.6 Å². The van der Waals surface area contributed by atoms with Gasteiger partial charge in [-0.2, -0.15) is 13.2 Å². The van der Waals surface area contributed by atoms with Crippen LogP contribution in [0.15, 0.2) is 24.3 Å². The molecule has 2 rings (SSSR count). The highest BCUT2D eigenvalue weighted by molar-refractivity contribution is 5.81. The van der Waals surface area contributed by atoms with Gasteiger partial charge in [0.15, 0.2) is 0 Å². The van der Waals surface area contributed by atoms with Gasteiger partial charge in [0.2, 0.25) is 0 Å². The molecule has 1 aromatic carbocycles. The summed E-state index contributed by atoms with van der Waals surface area (Å²) >= 11 is 0. The molecule has 0 radical (unpaired) electrons. The molecule has 1 aromatic rings. The summed E-state index contributed by atoms with van der Waals surface area (Å²) < 4.78 is 38.6. The average Bonchev–Trinajstić information content (AvgIpc) is 2.72. The summed E-state index contributed by atoms with van der Waals surface area (Å²) in [6, 6.07) is 5.10. The number of halogens is 3. The highest BCUT2D eigenvalue weighted by atomic mass is 19.4. The third kappa shape index (κ3) is 2.51. The van der Waals surface area contributed by atoms with E-state index in [1.54, 1.807) is 0 Å². The van der Waals surface area contributed by atoms with Crippen molar-refractivity contribution in [3.05, 3.63) is 29.8 Å². The van der Waals surface area contributed by atoms with Crippen LogP contribution in [0.3, 0.4) is 0 Å². The van der Waals surface area contributed by atoms with Crippen LogP contribution in [0.1, 0.15) is 12.0 Å². The van der Waals surface area contributed by atoms with Crippen LogP contribution in [0.2, 0.25) is 0 Å². The zero-order valence-corrected chi connectivity index (χ0v) is 9.94. The van der Waals surface area contributed by atoms with E-state index in [-0.39, 0.29) is 25.2 Å². The molecule has 0 spiro atoms. The van der Waals surface area contributed by atoms with E-state index in [9.17, 15) is 18.0 Å². The van der Waals surface area contributed by atoms with Crippen molar-refractivity contribution < 1.29 is 23.1 Å². The molecule has 0 aliphatic carbocycles. The number of para-hydroxylation sites is 1. The SMILES string of the molecule is NC1(C(=O)O)CCN(c2ccccc2C(F)(F)F)C1. The largest absolute Gasteiger partial charge is 0.480 e. The average molecular weight is 274 g/mol. The topological polar surface area (TPSA) is 66.6 Å². The fraction of sp³-hybridized carbons (Fsp3) is 0.417. The van der Waals surface area contributed by atoms with Gasteiger partial charge >= 0.3 is 12.1 Å². The molecule has 19 heavy (non-hydrogen) atoms. The van der Waals surface area contributed by atoms with Crippen molar-refractivity contribution in [2.24, 2.45) is 5.73 Å². The quantitative estimate of drug-likeness (QED) is 0.861. The van der Waals surface area contributed by atoms with E-state index in [0.717, 1.165) is 6.07 Å². The highest BCUT2D eigenvalue weighted by Crippen LogP contribution is 2.38. The minimum absolute atomic E-state index is 0.0245. The third-order valence-electron chi connectivity index (χ3n) is 3.28. The first kappa shape index (κ1) is 13.7. The van der Waals surface area contributed by atoms with E-state index in [2.05, 4.69) is 0 Å². The molecule has 1 aliphatic rings. The molecule has 1 heterocycles. The number of alkyl halides is 3. The highest BCUT2D eigenvalue weighted by Gasteiger charge is 2.43. The predicted octanol–water partition coefficient (Wildman–Crippen LogP) is 1.70. The summed E-state index contributed by atoms with van der Waals surface area (Å²) in [5.74, 6) is -1.19. The molecule has 7 heteroatoms. The molecule has 0 bridgehead atoms. The standard InChI is InChI=1S/C12H13F3N2O2/c13-12(14,15)8-3-1-2-4-9(8)17-6-5-11(16,7-17)10(18)19/h1-4H,5-7,16H2,(H,18,19). The lowest BCUT2D eigenvalue weighted by Gasteiger charge is -2.24.